The summed E-state index contributed by atoms with van der Waals surface area (Å²) >= 11 is 6.48. The van der Waals surface area contributed by atoms with E-state index in [2.05, 4.69) is 33.9 Å². The maximum absolute atomic E-state index is 11.0. The maximum Gasteiger partial charge on any atom is 0.336 e. The van der Waals surface area contributed by atoms with Crippen LogP contribution in [-0.4, -0.2) is 41.5 Å². The van der Waals surface area contributed by atoms with Gasteiger partial charge in [-0.2, -0.15) is 0 Å². The zero-order valence-corrected chi connectivity index (χ0v) is 20.2. The summed E-state index contributed by atoms with van der Waals surface area (Å²) in [6, 6.07) is 6.95. The molecule has 0 radical (unpaired) electrons. The average Bonchev–Trinajstić information content (AvgIpc) is 2.40. The monoisotopic (exact) mass is 458 g/mol. The molecule has 0 amide bonds. The molecule has 0 fully saturated rings. The minimum absolute atomic E-state index is 0.0547. The van der Waals surface area contributed by atoms with Crippen molar-refractivity contribution in [3.63, 3.8) is 0 Å². The highest BCUT2D eigenvalue weighted by Crippen LogP contribution is 2.55. The van der Waals surface area contributed by atoms with Crippen molar-refractivity contribution in [2.75, 3.05) is 11.7 Å². The molecule has 0 heterocycles. The van der Waals surface area contributed by atoms with Crippen molar-refractivity contribution < 1.29 is 28.2 Å². The van der Waals surface area contributed by atoms with Crippen LogP contribution in [0.3, 0.4) is 0 Å². The van der Waals surface area contributed by atoms with Crippen molar-refractivity contribution in [1.29, 1.82) is 0 Å². The summed E-state index contributed by atoms with van der Waals surface area (Å²) in [6.07, 6.45) is 0.155. The number of rotatable bonds is 9. The molecule has 150 valence electrons. The highest BCUT2D eigenvalue weighted by Gasteiger charge is 2.28. The van der Waals surface area contributed by atoms with E-state index in [9.17, 15) is 9.46 Å². The van der Waals surface area contributed by atoms with Crippen LogP contribution in [0.25, 0.3) is 0 Å². The number of hydrogen-bond acceptors (Lipinski definition) is 5. The Morgan fingerprint density at radius 1 is 1.19 bits per heavy atom. The van der Waals surface area contributed by atoms with E-state index in [0.29, 0.717) is 5.75 Å². The molecule has 3 N–H and O–H groups in total. The Morgan fingerprint density at radius 2 is 1.73 bits per heavy atom. The Bertz CT molecular complexity index is 672. The van der Waals surface area contributed by atoms with E-state index < -0.39 is 29.0 Å². The van der Waals surface area contributed by atoms with Gasteiger partial charge in [-0.05, 0) is 54.6 Å². The largest absolute Gasteiger partial charge is 0.443 e. The lowest BCUT2D eigenvalue weighted by atomic mass is 9.90. The van der Waals surface area contributed by atoms with Gasteiger partial charge in [0.2, 0.25) is 6.49 Å². The summed E-state index contributed by atoms with van der Waals surface area (Å²) in [4.78, 5) is 28.8. The lowest BCUT2D eigenvalue weighted by molar-refractivity contribution is 0.108. The summed E-state index contributed by atoms with van der Waals surface area (Å²) < 4.78 is 22.4. The Morgan fingerprint density at radius 3 is 2.15 bits per heavy atom. The van der Waals surface area contributed by atoms with Gasteiger partial charge in [-0.25, -0.2) is 0 Å². The van der Waals surface area contributed by atoms with Gasteiger partial charge in [0.05, 0.1) is 6.10 Å². The highest BCUT2D eigenvalue weighted by atomic mass is 32.5. The Balaban J connectivity index is 2.70. The molecule has 0 aliphatic carbocycles. The molecule has 0 bridgehead atoms. The number of benzene rings is 1. The van der Waals surface area contributed by atoms with Crippen molar-refractivity contribution >= 4 is 46.7 Å². The van der Waals surface area contributed by atoms with Crippen LogP contribution >= 0.6 is 25.8 Å². The topological polar surface area (TPSA) is 96.2 Å². The van der Waals surface area contributed by atoms with E-state index in [1.54, 1.807) is 23.9 Å². The molecule has 2 atom stereocenters. The van der Waals surface area contributed by atoms with Crippen molar-refractivity contribution in [2.24, 2.45) is 5.41 Å². The normalized spacial score (nSPS) is 16.3. The molecular weight excluding hydrogens is 430 g/mol. The quantitative estimate of drug-likeness (QED) is 0.290. The second kappa shape index (κ2) is 9.68. The van der Waals surface area contributed by atoms with E-state index in [4.69, 9.17) is 30.5 Å². The van der Waals surface area contributed by atoms with Gasteiger partial charge in [0, 0.05) is 10.6 Å². The van der Waals surface area contributed by atoms with Crippen LogP contribution in [0.2, 0.25) is 13.1 Å². The fraction of sp³-hybridized carbons (Fsp3) is 0.600. The fourth-order valence-corrected chi connectivity index (χ4v) is 8.73. The molecule has 2 unspecified atom stereocenters. The average molecular weight is 459 g/mol. The number of thioether (sulfide) groups is 1. The molecule has 0 aliphatic rings. The van der Waals surface area contributed by atoms with Gasteiger partial charge < -0.3 is 23.6 Å². The molecule has 1 aromatic carbocycles. The first-order valence-electron chi connectivity index (χ1n) is 8.12. The Labute approximate surface area is 166 Å². The molecule has 0 aliphatic heterocycles. The van der Waals surface area contributed by atoms with Crippen LogP contribution in [0, 0.1) is 5.41 Å². The zero-order chi connectivity index (χ0) is 20.2. The van der Waals surface area contributed by atoms with Crippen LogP contribution < -0.4 is 4.52 Å². The Kier molecular flexibility index (Phi) is 9.06. The molecule has 11 heteroatoms. The lowest BCUT2D eigenvalue weighted by Crippen LogP contribution is -2.35. The van der Waals surface area contributed by atoms with E-state index in [0.717, 1.165) is 10.6 Å². The summed E-state index contributed by atoms with van der Waals surface area (Å²) in [5.41, 5.74) is 0.0547. The molecule has 0 saturated carbocycles. The first-order valence-corrected chi connectivity index (χ1v) is 16.5. The predicted molar refractivity (Wildman–Crippen MR) is 114 cm³/mol. The van der Waals surface area contributed by atoms with Crippen LogP contribution in [-0.2, 0) is 20.8 Å². The first-order chi connectivity index (χ1) is 11.7. The molecule has 6 nitrogen and oxygen atoms in total. The van der Waals surface area contributed by atoms with Gasteiger partial charge in [0.25, 0.3) is 0 Å². The smallest absolute Gasteiger partial charge is 0.336 e. The molecule has 0 saturated heterocycles. The molecule has 1 aromatic rings. The standard InChI is InChI=1S/C15H28O6P2S2Si/c1-15(2,3)14(21-26(4)5)10-25-13-8-6-12(7-9-13)20-23(19,24)11-22(16,17)18/h6-9,14,26H,10-11H2,1-5H3,(H,19,24)(H2,16,17,18). The highest BCUT2D eigenvalue weighted by molar-refractivity contribution is 8.12. The third kappa shape index (κ3) is 10.0. The predicted octanol–water partition coefficient (Wildman–Crippen LogP) is 4.01. The van der Waals surface area contributed by atoms with Crippen molar-refractivity contribution in [3.8, 4) is 5.75 Å². The minimum atomic E-state index is -4.43. The van der Waals surface area contributed by atoms with Crippen molar-refractivity contribution in [2.45, 2.75) is 44.9 Å². The van der Waals surface area contributed by atoms with Crippen LogP contribution in [0.1, 0.15) is 20.8 Å². The summed E-state index contributed by atoms with van der Waals surface area (Å²) in [7, 11) is -5.56. The van der Waals surface area contributed by atoms with Crippen LogP contribution in [0.4, 0.5) is 0 Å². The summed E-state index contributed by atoms with van der Waals surface area (Å²) in [6.45, 7) is 7.25. The van der Waals surface area contributed by atoms with E-state index in [-0.39, 0.29) is 11.5 Å². The van der Waals surface area contributed by atoms with Gasteiger partial charge in [0.1, 0.15) is 11.7 Å². The lowest BCUT2D eigenvalue weighted by Gasteiger charge is -2.32. The summed E-state index contributed by atoms with van der Waals surface area (Å²) in [5, 5.41) is 0. The second-order valence-electron chi connectivity index (χ2n) is 7.36. The zero-order valence-electron chi connectivity index (χ0n) is 15.7. The third-order valence-corrected chi connectivity index (χ3v) is 9.85. The van der Waals surface area contributed by atoms with E-state index in [1.165, 1.54) is 0 Å². The maximum atomic E-state index is 11.0. The summed E-state index contributed by atoms with van der Waals surface area (Å²) in [5.74, 6) is 0.285. The fourth-order valence-electron chi connectivity index (χ4n) is 2.02. The van der Waals surface area contributed by atoms with Gasteiger partial charge in [-0.15, -0.1) is 11.8 Å². The molecular formula is C15H28O6P2S2Si. The van der Waals surface area contributed by atoms with Gasteiger partial charge in [0.15, 0.2) is 9.04 Å². The van der Waals surface area contributed by atoms with Crippen molar-refractivity contribution in [1.82, 2.24) is 0 Å². The molecule has 0 aromatic heterocycles. The number of hydrogen-bond donors (Lipinski definition) is 3. The van der Waals surface area contributed by atoms with E-state index >= 15 is 0 Å². The second-order valence-corrected chi connectivity index (χ2v) is 16.4. The first kappa shape index (κ1) is 24.3. The van der Waals surface area contributed by atoms with Crippen LogP contribution in [0.5, 0.6) is 5.75 Å². The van der Waals surface area contributed by atoms with Gasteiger partial charge >= 0.3 is 7.60 Å². The Hall–Kier alpha value is 0.307. The molecule has 26 heavy (non-hydrogen) atoms. The molecule has 1 rings (SSSR count). The SMILES string of the molecule is C[SiH](C)OC(CSc1ccc(OP(O)(=S)CP(=O)(O)O)cc1)C(C)(C)C. The van der Waals surface area contributed by atoms with Gasteiger partial charge in [-0.3, -0.25) is 4.57 Å². The van der Waals surface area contributed by atoms with Crippen LogP contribution in [0.15, 0.2) is 29.2 Å². The van der Waals surface area contributed by atoms with E-state index in [1.807, 2.05) is 12.1 Å². The third-order valence-electron chi connectivity index (χ3n) is 3.24. The van der Waals surface area contributed by atoms with Crippen molar-refractivity contribution in [3.05, 3.63) is 24.3 Å². The van der Waals surface area contributed by atoms with Gasteiger partial charge in [-0.1, -0.05) is 20.8 Å². The molecule has 0 spiro atoms. The minimum Gasteiger partial charge on any atom is -0.443 e.